The Bertz CT molecular complexity index is 770. The second-order valence-electron chi connectivity index (χ2n) is 5.26. The van der Waals surface area contributed by atoms with Gasteiger partial charge in [0.2, 0.25) is 0 Å². The van der Waals surface area contributed by atoms with E-state index in [-0.39, 0.29) is 0 Å². The van der Waals surface area contributed by atoms with Crippen molar-refractivity contribution in [3.05, 3.63) is 77.1 Å². The second-order valence-corrected chi connectivity index (χ2v) is 5.70. The molecule has 1 aromatic heterocycles. The zero-order valence-electron chi connectivity index (χ0n) is 12.8. The molecule has 2 aromatic carbocycles. The molecule has 0 saturated heterocycles. The van der Waals surface area contributed by atoms with Crippen LogP contribution in [0.15, 0.2) is 60.9 Å². The van der Waals surface area contributed by atoms with Gasteiger partial charge in [-0.2, -0.15) is 0 Å². The fraction of sp³-hybridized carbons (Fsp3) is 0.111. The molecule has 0 fully saturated rings. The molecular formula is C18H17ClN4. The summed E-state index contributed by atoms with van der Waals surface area (Å²) < 4.78 is 0. The second kappa shape index (κ2) is 7.11. The van der Waals surface area contributed by atoms with Gasteiger partial charge >= 0.3 is 0 Å². The Labute approximate surface area is 140 Å². The van der Waals surface area contributed by atoms with Crippen LogP contribution in [0, 0.1) is 6.92 Å². The van der Waals surface area contributed by atoms with Crippen LogP contribution in [0.25, 0.3) is 0 Å². The van der Waals surface area contributed by atoms with Crippen LogP contribution in [0.4, 0.5) is 17.3 Å². The van der Waals surface area contributed by atoms with Gasteiger partial charge in [-0.1, -0.05) is 41.4 Å². The molecule has 2 N–H and O–H groups in total. The van der Waals surface area contributed by atoms with Crippen molar-refractivity contribution in [2.24, 2.45) is 0 Å². The first-order chi connectivity index (χ1) is 11.2. The third-order valence-corrected chi connectivity index (χ3v) is 3.63. The summed E-state index contributed by atoms with van der Waals surface area (Å²) in [4.78, 5) is 8.47. The predicted octanol–water partition coefficient (Wildman–Crippen LogP) is 4.79. The van der Waals surface area contributed by atoms with Gasteiger partial charge in [0, 0.05) is 23.3 Å². The number of nitrogens with one attached hydrogen (secondary N) is 2. The van der Waals surface area contributed by atoms with Crippen molar-refractivity contribution in [3.63, 3.8) is 0 Å². The molecule has 4 nitrogen and oxygen atoms in total. The van der Waals surface area contributed by atoms with E-state index in [1.54, 1.807) is 0 Å². The van der Waals surface area contributed by atoms with Crippen LogP contribution >= 0.6 is 11.6 Å². The number of aryl methyl sites for hydroxylation is 1. The zero-order valence-corrected chi connectivity index (χ0v) is 13.5. The number of halogens is 1. The van der Waals surface area contributed by atoms with Gasteiger partial charge < -0.3 is 10.6 Å². The maximum absolute atomic E-state index is 5.89. The molecular weight excluding hydrogens is 308 g/mol. The van der Waals surface area contributed by atoms with Crippen molar-refractivity contribution in [2.45, 2.75) is 13.5 Å². The lowest BCUT2D eigenvalue weighted by Gasteiger charge is -2.09. The molecule has 3 aromatic rings. The number of aromatic nitrogens is 2. The van der Waals surface area contributed by atoms with Gasteiger partial charge in [-0.25, -0.2) is 9.97 Å². The van der Waals surface area contributed by atoms with Crippen molar-refractivity contribution in [2.75, 3.05) is 10.6 Å². The van der Waals surface area contributed by atoms with Gasteiger partial charge in [-0.15, -0.1) is 0 Å². The molecule has 0 aliphatic carbocycles. The zero-order chi connectivity index (χ0) is 16.1. The number of nitrogens with zero attached hydrogens (tertiary/aromatic N) is 2. The van der Waals surface area contributed by atoms with Crippen LogP contribution in [0.1, 0.15) is 11.1 Å². The maximum Gasteiger partial charge on any atom is 0.135 e. The third kappa shape index (κ3) is 4.44. The number of benzene rings is 2. The summed E-state index contributed by atoms with van der Waals surface area (Å²) in [5, 5.41) is 7.24. The summed E-state index contributed by atoms with van der Waals surface area (Å²) in [7, 11) is 0. The van der Waals surface area contributed by atoms with Crippen LogP contribution < -0.4 is 10.6 Å². The van der Waals surface area contributed by atoms with Crippen molar-refractivity contribution in [3.8, 4) is 0 Å². The Balaban J connectivity index is 1.65. The minimum Gasteiger partial charge on any atom is -0.366 e. The fourth-order valence-corrected chi connectivity index (χ4v) is 2.23. The first kappa shape index (κ1) is 15.3. The smallest absolute Gasteiger partial charge is 0.135 e. The van der Waals surface area contributed by atoms with E-state index in [1.165, 1.54) is 17.5 Å². The minimum atomic E-state index is 0.707. The Morgan fingerprint density at radius 3 is 2.35 bits per heavy atom. The van der Waals surface area contributed by atoms with E-state index in [0.29, 0.717) is 5.02 Å². The summed E-state index contributed by atoms with van der Waals surface area (Å²) in [6.07, 6.45) is 1.54. The van der Waals surface area contributed by atoms with E-state index < -0.39 is 0 Å². The van der Waals surface area contributed by atoms with Crippen LogP contribution in [-0.4, -0.2) is 9.97 Å². The van der Waals surface area contributed by atoms with Crippen molar-refractivity contribution < 1.29 is 0 Å². The van der Waals surface area contributed by atoms with Crippen molar-refractivity contribution in [1.29, 1.82) is 0 Å². The lowest BCUT2D eigenvalue weighted by atomic mass is 10.1. The summed E-state index contributed by atoms with van der Waals surface area (Å²) in [5.74, 6) is 1.51. The van der Waals surface area contributed by atoms with Crippen LogP contribution in [0.3, 0.4) is 0 Å². The van der Waals surface area contributed by atoms with Crippen molar-refractivity contribution in [1.82, 2.24) is 9.97 Å². The highest BCUT2D eigenvalue weighted by atomic mass is 35.5. The first-order valence-electron chi connectivity index (χ1n) is 7.33. The van der Waals surface area contributed by atoms with Gasteiger partial charge in [0.15, 0.2) is 0 Å². The normalized spacial score (nSPS) is 10.3. The highest BCUT2D eigenvalue weighted by molar-refractivity contribution is 6.30. The van der Waals surface area contributed by atoms with Gasteiger partial charge in [0.25, 0.3) is 0 Å². The average Bonchev–Trinajstić information content (AvgIpc) is 2.57. The first-order valence-corrected chi connectivity index (χ1v) is 7.71. The maximum atomic E-state index is 5.89. The number of hydrogen-bond donors (Lipinski definition) is 2. The molecule has 0 atom stereocenters. The minimum absolute atomic E-state index is 0.707. The van der Waals surface area contributed by atoms with Gasteiger partial charge in [-0.3, -0.25) is 0 Å². The molecule has 0 saturated carbocycles. The molecule has 0 amide bonds. The van der Waals surface area contributed by atoms with E-state index in [0.717, 1.165) is 23.9 Å². The van der Waals surface area contributed by atoms with Gasteiger partial charge in [0.1, 0.15) is 18.0 Å². The Hall–Kier alpha value is -2.59. The average molecular weight is 325 g/mol. The van der Waals surface area contributed by atoms with Crippen LogP contribution in [0.2, 0.25) is 5.02 Å². The number of rotatable bonds is 5. The molecule has 0 aliphatic rings. The van der Waals surface area contributed by atoms with E-state index >= 15 is 0 Å². The highest BCUT2D eigenvalue weighted by Gasteiger charge is 2.00. The molecule has 0 spiro atoms. The number of anilines is 3. The molecule has 0 bridgehead atoms. The SMILES string of the molecule is Cc1ccc(CNc2cc(Nc3ccc(Cl)cc3)ncn2)cc1. The summed E-state index contributed by atoms with van der Waals surface area (Å²) in [5.41, 5.74) is 3.39. The van der Waals surface area contributed by atoms with E-state index in [2.05, 4.69) is 51.8 Å². The van der Waals surface area contributed by atoms with E-state index in [4.69, 9.17) is 11.6 Å². The summed E-state index contributed by atoms with van der Waals surface area (Å²) >= 11 is 5.89. The molecule has 0 aliphatic heterocycles. The molecule has 23 heavy (non-hydrogen) atoms. The standard InChI is InChI=1S/C18H17ClN4/c1-13-2-4-14(5-3-13)11-20-17-10-18(22-12-21-17)23-16-8-6-15(19)7-9-16/h2-10,12H,11H2,1H3,(H2,20,21,22,23). The molecule has 0 radical (unpaired) electrons. The summed E-state index contributed by atoms with van der Waals surface area (Å²) in [6.45, 7) is 2.80. The largest absolute Gasteiger partial charge is 0.366 e. The summed E-state index contributed by atoms with van der Waals surface area (Å²) in [6, 6.07) is 17.8. The highest BCUT2D eigenvalue weighted by Crippen LogP contribution is 2.19. The van der Waals surface area contributed by atoms with Crippen LogP contribution in [-0.2, 0) is 6.54 Å². The Morgan fingerprint density at radius 1 is 0.913 bits per heavy atom. The quantitative estimate of drug-likeness (QED) is 0.708. The lowest BCUT2D eigenvalue weighted by molar-refractivity contribution is 1.08. The monoisotopic (exact) mass is 324 g/mol. The fourth-order valence-electron chi connectivity index (χ4n) is 2.10. The topological polar surface area (TPSA) is 49.8 Å². The van der Waals surface area contributed by atoms with E-state index in [1.807, 2.05) is 30.3 Å². The lowest BCUT2D eigenvalue weighted by Crippen LogP contribution is -2.03. The Morgan fingerprint density at radius 2 is 1.61 bits per heavy atom. The molecule has 116 valence electrons. The molecule has 3 rings (SSSR count). The molecule has 0 unspecified atom stereocenters. The predicted molar refractivity (Wildman–Crippen MR) is 95.3 cm³/mol. The van der Waals surface area contributed by atoms with Crippen LogP contribution in [0.5, 0.6) is 0 Å². The van der Waals surface area contributed by atoms with Gasteiger partial charge in [0.05, 0.1) is 0 Å². The van der Waals surface area contributed by atoms with Crippen molar-refractivity contribution >= 4 is 28.9 Å². The van der Waals surface area contributed by atoms with E-state index in [9.17, 15) is 0 Å². The third-order valence-electron chi connectivity index (χ3n) is 3.38. The molecule has 5 heteroatoms. The van der Waals surface area contributed by atoms with Gasteiger partial charge in [-0.05, 0) is 36.8 Å². The molecule has 1 heterocycles. The Kier molecular flexibility index (Phi) is 4.74. The number of hydrogen-bond acceptors (Lipinski definition) is 4.